The van der Waals surface area contributed by atoms with Gasteiger partial charge in [0.2, 0.25) is 0 Å². The predicted molar refractivity (Wildman–Crippen MR) is 150 cm³/mol. The summed E-state index contributed by atoms with van der Waals surface area (Å²) in [5.41, 5.74) is -2.30. The molecule has 1 fully saturated rings. The van der Waals surface area contributed by atoms with Crippen LogP contribution >= 0.6 is 0 Å². The van der Waals surface area contributed by atoms with Crippen LogP contribution in [0.4, 0.5) is 24.5 Å². The van der Waals surface area contributed by atoms with Gasteiger partial charge in [-0.05, 0) is 61.8 Å². The Balaban J connectivity index is 1.53. The van der Waals surface area contributed by atoms with E-state index in [1.165, 1.54) is 49.4 Å². The molecule has 1 aliphatic heterocycles. The molecule has 0 aliphatic carbocycles. The van der Waals surface area contributed by atoms with E-state index in [2.05, 4.69) is 9.88 Å². The third kappa shape index (κ3) is 6.15. The van der Waals surface area contributed by atoms with Crippen LogP contribution in [-0.2, 0) is 16.6 Å². The second kappa shape index (κ2) is 11.3. The molecule has 1 aliphatic rings. The largest absolute Gasteiger partial charge is 0.516 e. The van der Waals surface area contributed by atoms with Crippen LogP contribution in [-0.4, -0.2) is 47.7 Å². The molecule has 7 nitrogen and oxygen atoms in total. The third-order valence-electron chi connectivity index (χ3n) is 6.90. The molecule has 40 heavy (non-hydrogen) atoms. The van der Waals surface area contributed by atoms with Crippen LogP contribution in [0.2, 0.25) is 0 Å². The number of likely N-dealkylation sites (tertiary alicyclic amines) is 1. The molecule has 0 bridgehead atoms. The zero-order valence-electron chi connectivity index (χ0n) is 21.6. The van der Waals surface area contributed by atoms with Gasteiger partial charge in [-0.25, -0.2) is 4.99 Å². The van der Waals surface area contributed by atoms with Gasteiger partial charge in [0, 0.05) is 28.7 Å². The first kappa shape index (κ1) is 27.7. The summed E-state index contributed by atoms with van der Waals surface area (Å²) in [6.07, 6.45) is 4.94. The monoisotopic (exact) mass is 570 g/mol. The van der Waals surface area contributed by atoms with Crippen molar-refractivity contribution in [3.05, 3.63) is 89.5 Å². The van der Waals surface area contributed by atoms with E-state index in [4.69, 9.17) is 4.99 Å². The van der Waals surface area contributed by atoms with Crippen molar-refractivity contribution in [3.63, 3.8) is 0 Å². The number of fused-ring (bicyclic) bond motifs is 1. The maximum absolute atomic E-state index is 13.0. The molecule has 2 heterocycles. The van der Waals surface area contributed by atoms with Crippen LogP contribution in [0.15, 0.2) is 77.8 Å². The van der Waals surface area contributed by atoms with Gasteiger partial charge in [0.25, 0.3) is 0 Å². The summed E-state index contributed by atoms with van der Waals surface area (Å²) in [5, 5.41) is 11.2. The van der Waals surface area contributed by atoms with Crippen molar-refractivity contribution in [1.82, 2.24) is 9.88 Å². The van der Waals surface area contributed by atoms with E-state index in [-0.39, 0.29) is 17.1 Å². The van der Waals surface area contributed by atoms with E-state index in [0.717, 1.165) is 19.6 Å². The fourth-order valence-electron chi connectivity index (χ4n) is 4.91. The average molecular weight is 571 g/mol. The van der Waals surface area contributed by atoms with E-state index in [1.807, 2.05) is 42.5 Å². The second-order valence-corrected chi connectivity index (χ2v) is 11.5. The minimum Gasteiger partial charge on any atom is -0.494 e. The Kier molecular flexibility index (Phi) is 7.86. The molecule has 210 valence electrons. The number of alkyl halides is 3. The zero-order chi connectivity index (χ0) is 28.3. The number of nitrogens with one attached hydrogen (secondary N) is 2. The molecule has 11 heteroatoms. The number of anilines is 1. The molecule has 0 atom stereocenters. The highest BCUT2D eigenvalue weighted by Gasteiger charge is 2.46. The number of aromatic hydroxyl groups is 1. The lowest BCUT2D eigenvalue weighted by Gasteiger charge is -2.19. The summed E-state index contributed by atoms with van der Waals surface area (Å²) in [4.78, 5) is 10.1. The van der Waals surface area contributed by atoms with Gasteiger partial charge in [0.15, 0.2) is 5.88 Å². The van der Waals surface area contributed by atoms with E-state index < -0.39 is 15.5 Å². The molecule has 1 aromatic heterocycles. The van der Waals surface area contributed by atoms with Crippen LogP contribution in [0.25, 0.3) is 10.9 Å². The lowest BCUT2D eigenvalue weighted by Crippen LogP contribution is -2.29. The molecule has 1 saturated heterocycles. The summed E-state index contributed by atoms with van der Waals surface area (Å²) in [6.45, 7) is 3.02. The molecule has 0 saturated carbocycles. The maximum Gasteiger partial charge on any atom is 0.516 e. The van der Waals surface area contributed by atoms with Gasteiger partial charge in [0.1, 0.15) is 0 Å². The standard InChI is InChI=1S/C29H29F3N4O3S/c30-29(31,32)40(38,39)35-23-14-15-25-24(18-23)26(28(37)34-25)27(21-8-4-3-5-9-21)33-22-12-10-20(11-13-22)19-36-16-6-1-2-7-17-36/h3-5,8-15,18,34-35,37H,1-2,6-7,16-17,19H2. The summed E-state index contributed by atoms with van der Waals surface area (Å²) in [7, 11) is -5.62. The molecule has 0 amide bonds. The molecule has 0 radical (unpaired) electrons. The Morgan fingerprint density at radius 3 is 2.27 bits per heavy atom. The smallest absolute Gasteiger partial charge is 0.494 e. The Morgan fingerprint density at radius 2 is 1.62 bits per heavy atom. The highest BCUT2D eigenvalue weighted by atomic mass is 32.2. The summed E-state index contributed by atoms with van der Waals surface area (Å²) in [5.74, 6) is -0.244. The summed E-state index contributed by atoms with van der Waals surface area (Å²) < 4.78 is 63.9. The molecular formula is C29H29F3N4O3S. The Bertz CT molecular complexity index is 1610. The Hall–Kier alpha value is -3.83. The second-order valence-electron chi connectivity index (χ2n) is 9.84. The molecular weight excluding hydrogens is 541 g/mol. The van der Waals surface area contributed by atoms with Crippen molar-refractivity contribution >= 4 is 38.0 Å². The highest BCUT2D eigenvalue weighted by Crippen LogP contribution is 2.34. The molecule has 0 unspecified atom stereocenters. The SMILES string of the molecule is O=S(=O)(Nc1ccc2[nH]c(O)c(C(=Nc3ccc(CN4CCCCCC4)cc3)c3ccccc3)c2c1)C(F)(F)F. The minimum absolute atomic E-state index is 0.239. The molecule has 4 aromatic rings. The van der Waals surface area contributed by atoms with Crippen LogP contribution in [0.3, 0.4) is 0 Å². The number of nitrogens with zero attached hydrogens (tertiary/aromatic N) is 2. The first-order chi connectivity index (χ1) is 19.1. The van der Waals surface area contributed by atoms with Gasteiger partial charge < -0.3 is 10.1 Å². The maximum atomic E-state index is 13.0. The van der Waals surface area contributed by atoms with Crippen LogP contribution < -0.4 is 4.72 Å². The van der Waals surface area contributed by atoms with Crippen molar-refractivity contribution < 1.29 is 26.7 Å². The summed E-state index contributed by atoms with van der Waals surface area (Å²) >= 11 is 0. The van der Waals surface area contributed by atoms with E-state index in [1.54, 1.807) is 16.9 Å². The zero-order valence-corrected chi connectivity index (χ0v) is 22.4. The lowest BCUT2D eigenvalue weighted by atomic mass is 10.0. The number of hydrogen-bond donors (Lipinski definition) is 3. The number of rotatable bonds is 7. The number of sulfonamides is 1. The quantitative estimate of drug-likeness (QED) is 0.216. The van der Waals surface area contributed by atoms with E-state index in [9.17, 15) is 26.7 Å². The highest BCUT2D eigenvalue weighted by molar-refractivity contribution is 7.93. The van der Waals surface area contributed by atoms with Gasteiger partial charge in [-0.1, -0.05) is 55.3 Å². The van der Waals surface area contributed by atoms with Crippen molar-refractivity contribution in [3.8, 4) is 5.88 Å². The van der Waals surface area contributed by atoms with E-state index in [0.29, 0.717) is 27.9 Å². The number of aliphatic imine (C=N–C) groups is 1. The molecule has 3 aromatic carbocycles. The number of aromatic nitrogens is 1. The number of H-pyrrole nitrogens is 1. The topological polar surface area (TPSA) is 97.8 Å². The van der Waals surface area contributed by atoms with Crippen molar-refractivity contribution in [2.45, 2.75) is 37.7 Å². The summed E-state index contributed by atoms with van der Waals surface area (Å²) in [6, 6.07) is 20.7. The molecule has 5 rings (SSSR count). The number of hydrogen-bond acceptors (Lipinski definition) is 5. The fourth-order valence-corrected chi connectivity index (χ4v) is 5.47. The minimum atomic E-state index is -5.62. The first-order valence-corrected chi connectivity index (χ1v) is 14.5. The van der Waals surface area contributed by atoms with Gasteiger partial charge >= 0.3 is 15.5 Å². The van der Waals surface area contributed by atoms with Crippen LogP contribution in [0.5, 0.6) is 5.88 Å². The predicted octanol–water partition coefficient (Wildman–Crippen LogP) is 6.68. The van der Waals surface area contributed by atoms with E-state index >= 15 is 0 Å². The van der Waals surface area contributed by atoms with Crippen LogP contribution in [0.1, 0.15) is 42.4 Å². The number of halogens is 3. The molecule has 0 spiro atoms. The fraction of sp³-hybridized carbons (Fsp3) is 0.276. The normalized spacial score (nSPS) is 15.7. The van der Waals surface area contributed by atoms with Gasteiger partial charge in [-0.15, -0.1) is 0 Å². The van der Waals surface area contributed by atoms with Crippen molar-refractivity contribution in [1.29, 1.82) is 0 Å². The van der Waals surface area contributed by atoms with Gasteiger partial charge in [-0.3, -0.25) is 9.62 Å². The van der Waals surface area contributed by atoms with Gasteiger partial charge in [-0.2, -0.15) is 21.6 Å². The Morgan fingerprint density at radius 1 is 0.950 bits per heavy atom. The number of aromatic amines is 1. The van der Waals surface area contributed by atoms with Gasteiger partial charge in [0.05, 0.1) is 17.0 Å². The average Bonchev–Trinajstić information content (AvgIpc) is 3.06. The van der Waals surface area contributed by atoms with Crippen LogP contribution in [0, 0.1) is 0 Å². The van der Waals surface area contributed by atoms with Crippen molar-refractivity contribution in [2.24, 2.45) is 4.99 Å². The first-order valence-electron chi connectivity index (χ1n) is 13.0. The van der Waals surface area contributed by atoms with Crippen molar-refractivity contribution in [2.75, 3.05) is 17.8 Å². The number of benzene rings is 3. The molecule has 3 N–H and O–H groups in total. The Labute approximate surface area is 230 Å². The third-order valence-corrected chi connectivity index (χ3v) is 8.02. The lowest BCUT2D eigenvalue weighted by molar-refractivity contribution is -0.0429.